The fourth-order valence-electron chi connectivity index (χ4n) is 3.68. The molecule has 0 saturated carbocycles. The van der Waals surface area contributed by atoms with Crippen molar-refractivity contribution in [2.45, 2.75) is 38.6 Å². The van der Waals surface area contributed by atoms with Crippen LogP contribution < -0.4 is 15.8 Å². The van der Waals surface area contributed by atoms with Crippen molar-refractivity contribution >= 4 is 17.5 Å². The molecule has 1 saturated heterocycles. The topological polar surface area (TPSA) is 95.2 Å². The molecule has 1 amide bonds. The molecular formula is C20H22N4O3. The van der Waals surface area contributed by atoms with Crippen LogP contribution in [-0.2, 0) is 13.0 Å². The molecule has 1 fully saturated rings. The number of rotatable bonds is 4. The number of fused-ring (bicyclic) bond motifs is 1. The van der Waals surface area contributed by atoms with E-state index < -0.39 is 11.5 Å². The highest BCUT2D eigenvalue weighted by Gasteiger charge is 2.22. The van der Waals surface area contributed by atoms with Crippen molar-refractivity contribution in [3.05, 3.63) is 57.1 Å². The highest BCUT2D eigenvalue weighted by atomic mass is 16.2. The van der Waals surface area contributed by atoms with Gasteiger partial charge in [0.05, 0.1) is 0 Å². The molecule has 2 aromatic rings. The molecule has 0 unspecified atom stereocenters. The summed E-state index contributed by atoms with van der Waals surface area (Å²) in [6.07, 6.45) is 5.97. The lowest BCUT2D eigenvalue weighted by molar-refractivity contribution is 0.0949. The van der Waals surface area contributed by atoms with Crippen LogP contribution in [0.1, 0.15) is 57.7 Å². The summed E-state index contributed by atoms with van der Waals surface area (Å²) < 4.78 is 0. The van der Waals surface area contributed by atoms with Crippen molar-refractivity contribution < 1.29 is 9.59 Å². The molecule has 1 aliphatic carbocycles. The molecule has 0 radical (unpaired) electrons. The fourth-order valence-corrected chi connectivity index (χ4v) is 3.68. The zero-order chi connectivity index (χ0) is 18.8. The van der Waals surface area contributed by atoms with Gasteiger partial charge < -0.3 is 15.2 Å². The molecule has 3 heterocycles. The van der Waals surface area contributed by atoms with Crippen molar-refractivity contribution in [1.82, 2.24) is 15.3 Å². The van der Waals surface area contributed by atoms with Crippen LogP contribution in [0.2, 0.25) is 0 Å². The third-order valence-electron chi connectivity index (χ3n) is 5.19. The van der Waals surface area contributed by atoms with Gasteiger partial charge in [0, 0.05) is 43.5 Å². The van der Waals surface area contributed by atoms with Crippen molar-refractivity contribution in [1.29, 1.82) is 0 Å². The van der Waals surface area contributed by atoms with Gasteiger partial charge in [0.15, 0.2) is 5.78 Å². The van der Waals surface area contributed by atoms with Crippen LogP contribution in [0.15, 0.2) is 29.2 Å². The van der Waals surface area contributed by atoms with Gasteiger partial charge in [-0.3, -0.25) is 14.4 Å². The lowest BCUT2D eigenvalue weighted by Crippen LogP contribution is -2.31. The van der Waals surface area contributed by atoms with E-state index in [1.807, 2.05) is 12.1 Å². The number of carbonyl (C=O) groups is 2. The molecule has 7 heteroatoms. The van der Waals surface area contributed by atoms with Gasteiger partial charge in [-0.15, -0.1) is 0 Å². The first-order valence-electron chi connectivity index (χ1n) is 9.39. The van der Waals surface area contributed by atoms with Gasteiger partial charge in [-0.1, -0.05) is 6.07 Å². The Morgan fingerprint density at radius 3 is 2.70 bits per heavy atom. The van der Waals surface area contributed by atoms with Crippen LogP contribution in [-0.4, -0.2) is 34.7 Å². The minimum absolute atomic E-state index is 0.0225. The molecule has 140 valence electrons. The Kier molecular flexibility index (Phi) is 4.75. The van der Waals surface area contributed by atoms with Crippen LogP contribution >= 0.6 is 0 Å². The first-order valence-corrected chi connectivity index (χ1v) is 9.39. The first kappa shape index (κ1) is 17.5. The van der Waals surface area contributed by atoms with Crippen molar-refractivity contribution in [2.24, 2.45) is 0 Å². The lowest BCUT2D eigenvalue weighted by Gasteiger charge is -2.16. The number of amides is 1. The number of aromatic amines is 1. The number of H-pyrrole nitrogens is 1. The SMILES string of the molecule is O=C1CCCc2[nH]c(=O)c(C(=O)NCc3ccc(N4CCCC4)nc3)cc21. The highest BCUT2D eigenvalue weighted by molar-refractivity contribution is 6.01. The molecule has 1 aliphatic heterocycles. The highest BCUT2D eigenvalue weighted by Crippen LogP contribution is 2.19. The number of hydrogen-bond donors (Lipinski definition) is 2. The number of nitrogens with zero attached hydrogens (tertiary/aromatic N) is 2. The number of aryl methyl sites for hydroxylation is 1. The number of aromatic nitrogens is 2. The predicted molar refractivity (Wildman–Crippen MR) is 101 cm³/mol. The average molecular weight is 366 g/mol. The Labute approximate surface area is 156 Å². The van der Waals surface area contributed by atoms with E-state index >= 15 is 0 Å². The van der Waals surface area contributed by atoms with E-state index in [0.717, 1.165) is 30.9 Å². The third kappa shape index (κ3) is 3.63. The molecule has 2 aliphatic rings. The van der Waals surface area contributed by atoms with Crippen LogP contribution in [0.25, 0.3) is 0 Å². The quantitative estimate of drug-likeness (QED) is 0.861. The van der Waals surface area contributed by atoms with Crippen molar-refractivity contribution in [3.63, 3.8) is 0 Å². The van der Waals surface area contributed by atoms with E-state index in [2.05, 4.69) is 20.2 Å². The Hall–Kier alpha value is -2.96. The maximum atomic E-state index is 12.4. The monoisotopic (exact) mass is 366 g/mol. The first-order chi connectivity index (χ1) is 13.1. The Morgan fingerprint density at radius 1 is 1.15 bits per heavy atom. The van der Waals surface area contributed by atoms with E-state index in [1.54, 1.807) is 6.20 Å². The van der Waals surface area contributed by atoms with E-state index in [0.29, 0.717) is 24.1 Å². The minimum Gasteiger partial charge on any atom is -0.357 e. The largest absolute Gasteiger partial charge is 0.357 e. The number of ketones is 1. The van der Waals surface area contributed by atoms with E-state index in [9.17, 15) is 14.4 Å². The van der Waals surface area contributed by atoms with Gasteiger partial charge in [-0.05, 0) is 43.4 Å². The normalized spacial score (nSPS) is 16.3. The average Bonchev–Trinajstić information content (AvgIpc) is 3.21. The van der Waals surface area contributed by atoms with Crippen LogP contribution in [0, 0.1) is 0 Å². The number of pyridine rings is 2. The van der Waals surface area contributed by atoms with E-state index in [4.69, 9.17) is 0 Å². The molecule has 0 spiro atoms. The zero-order valence-electron chi connectivity index (χ0n) is 15.1. The number of anilines is 1. The number of nitrogens with one attached hydrogen (secondary N) is 2. The molecule has 0 aromatic carbocycles. The van der Waals surface area contributed by atoms with Gasteiger partial charge in [0.2, 0.25) is 0 Å². The van der Waals surface area contributed by atoms with Crippen molar-refractivity contribution in [3.8, 4) is 0 Å². The molecule has 0 bridgehead atoms. The molecule has 0 atom stereocenters. The summed E-state index contributed by atoms with van der Waals surface area (Å²) in [6, 6.07) is 5.32. The van der Waals surface area contributed by atoms with Crippen LogP contribution in [0.4, 0.5) is 5.82 Å². The third-order valence-corrected chi connectivity index (χ3v) is 5.19. The summed E-state index contributed by atoms with van der Waals surface area (Å²) in [5.41, 5.74) is 1.47. The Morgan fingerprint density at radius 2 is 1.96 bits per heavy atom. The smallest absolute Gasteiger partial charge is 0.261 e. The Balaban J connectivity index is 1.44. The summed E-state index contributed by atoms with van der Waals surface area (Å²) in [6.45, 7) is 2.34. The number of carbonyl (C=O) groups excluding carboxylic acids is 2. The number of Topliss-reactive ketones (excluding diaryl/α,β-unsaturated/α-hetero) is 1. The van der Waals surface area contributed by atoms with Gasteiger partial charge in [-0.2, -0.15) is 0 Å². The second-order valence-corrected chi connectivity index (χ2v) is 7.08. The maximum Gasteiger partial charge on any atom is 0.261 e. The summed E-state index contributed by atoms with van der Waals surface area (Å²) in [4.78, 5) is 46.0. The second-order valence-electron chi connectivity index (χ2n) is 7.08. The minimum atomic E-state index is -0.485. The molecule has 27 heavy (non-hydrogen) atoms. The standard InChI is InChI=1S/C20H22N4O3/c25-17-5-3-4-16-14(17)10-15(20(27)23-16)19(26)22-12-13-6-7-18(21-11-13)24-8-1-2-9-24/h6-7,10-11H,1-5,8-9,12H2,(H,22,26)(H,23,27). The number of hydrogen-bond acceptors (Lipinski definition) is 5. The van der Waals surface area contributed by atoms with Crippen LogP contribution in [0.5, 0.6) is 0 Å². The summed E-state index contributed by atoms with van der Waals surface area (Å²) >= 11 is 0. The Bertz CT molecular complexity index is 927. The lowest BCUT2D eigenvalue weighted by atomic mass is 9.93. The van der Waals surface area contributed by atoms with Gasteiger partial charge >= 0.3 is 0 Å². The summed E-state index contributed by atoms with van der Waals surface area (Å²) in [5.74, 6) is 0.441. The van der Waals surface area contributed by atoms with E-state index in [-0.39, 0.29) is 17.9 Å². The summed E-state index contributed by atoms with van der Waals surface area (Å²) in [7, 11) is 0. The molecule has 2 N–H and O–H groups in total. The van der Waals surface area contributed by atoms with E-state index in [1.165, 1.54) is 18.9 Å². The second kappa shape index (κ2) is 7.34. The van der Waals surface area contributed by atoms with Gasteiger partial charge in [-0.25, -0.2) is 4.98 Å². The zero-order valence-corrected chi connectivity index (χ0v) is 15.1. The molecular weight excluding hydrogens is 344 g/mol. The fraction of sp³-hybridized carbons (Fsp3) is 0.400. The van der Waals surface area contributed by atoms with Crippen LogP contribution in [0.3, 0.4) is 0 Å². The van der Waals surface area contributed by atoms with Crippen molar-refractivity contribution in [2.75, 3.05) is 18.0 Å². The molecule has 4 rings (SSSR count). The van der Waals surface area contributed by atoms with Gasteiger partial charge in [0.1, 0.15) is 11.4 Å². The van der Waals surface area contributed by atoms with Gasteiger partial charge in [0.25, 0.3) is 11.5 Å². The molecule has 2 aromatic heterocycles. The summed E-state index contributed by atoms with van der Waals surface area (Å²) in [5, 5.41) is 2.74. The molecule has 7 nitrogen and oxygen atoms in total. The maximum absolute atomic E-state index is 12.4. The predicted octanol–water partition coefficient (Wildman–Crippen LogP) is 1.82.